The van der Waals surface area contributed by atoms with Crippen molar-refractivity contribution >= 4 is 0 Å². The van der Waals surface area contributed by atoms with Gasteiger partial charge in [-0.3, -0.25) is 4.90 Å². The highest BCUT2D eigenvalue weighted by Gasteiger charge is 2.08. The molecule has 2 aromatic rings. The zero-order valence-electron chi connectivity index (χ0n) is 11.6. The van der Waals surface area contributed by atoms with E-state index < -0.39 is 0 Å². The van der Waals surface area contributed by atoms with Gasteiger partial charge < -0.3 is 10.2 Å². The number of aliphatic hydroxyl groups excluding tert-OH is 1. The van der Waals surface area contributed by atoms with Crippen molar-refractivity contribution in [2.24, 2.45) is 0 Å². The fraction of sp³-hybridized carbons (Fsp3) is 0.294. The summed E-state index contributed by atoms with van der Waals surface area (Å²) in [5.74, 6) is 0.315. The van der Waals surface area contributed by atoms with Gasteiger partial charge in [-0.15, -0.1) is 0 Å². The molecule has 0 bridgehead atoms. The normalized spacial score (nSPS) is 10.9. The molecule has 2 aromatic carbocycles. The number of aliphatic hydroxyl groups is 1. The Labute approximate surface area is 120 Å². The van der Waals surface area contributed by atoms with Crippen molar-refractivity contribution in [1.29, 1.82) is 0 Å². The van der Waals surface area contributed by atoms with Crippen LogP contribution in [-0.2, 0) is 13.0 Å². The van der Waals surface area contributed by atoms with Gasteiger partial charge in [0.2, 0.25) is 0 Å². The maximum atomic E-state index is 9.82. The lowest BCUT2D eigenvalue weighted by Gasteiger charge is -2.21. The molecule has 0 saturated carbocycles. The highest BCUT2D eigenvalue weighted by Crippen LogP contribution is 2.17. The minimum absolute atomic E-state index is 0.127. The van der Waals surface area contributed by atoms with Crippen LogP contribution in [0.2, 0.25) is 0 Å². The van der Waals surface area contributed by atoms with Crippen LogP contribution in [0.15, 0.2) is 54.6 Å². The lowest BCUT2D eigenvalue weighted by atomic mass is 10.1. The molecule has 0 aromatic heterocycles. The molecule has 106 valence electrons. The van der Waals surface area contributed by atoms with Crippen LogP contribution < -0.4 is 0 Å². The molecule has 0 aliphatic rings. The first-order valence-corrected chi connectivity index (χ1v) is 6.93. The van der Waals surface area contributed by atoms with Crippen LogP contribution in [0.1, 0.15) is 11.1 Å². The van der Waals surface area contributed by atoms with Gasteiger partial charge in [0.25, 0.3) is 0 Å². The zero-order valence-corrected chi connectivity index (χ0v) is 11.6. The number of para-hydroxylation sites is 1. The van der Waals surface area contributed by atoms with Crippen molar-refractivity contribution in [2.75, 3.05) is 19.7 Å². The van der Waals surface area contributed by atoms with Gasteiger partial charge in [-0.05, 0) is 18.1 Å². The largest absolute Gasteiger partial charge is 0.508 e. The second-order valence-electron chi connectivity index (χ2n) is 4.86. The van der Waals surface area contributed by atoms with Crippen LogP contribution >= 0.6 is 0 Å². The summed E-state index contributed by atoms with van der Waals surface area (Å²) in [6, 6.07) is 17.7. The van der Waals surface area contributed by atoms with Crippen LogP contribution in [0, 0.1) is 0 Å². The average Bonchev–Trinajstić information content (AvgIpc) is 2.48. The molecule has 2 rings (SSSR count). The van der Waals surface area contributed by atoms with Crippen LogP contribution in [-0.4, -0.2) is 34.8 Å². The molecule has 3 nitrogen and oxygen atoms in total. The van der Waals surface area contributed by atoms with Gasteiger partial charge >= 0.3 is 0 Å². The van der Waals surface area contributed by atoms with Gasteiger partial charge in [0.15, 0.2) is 0 Å². The molecule has 0 atom stereocenters. The SMILES string of the molecule is OCCN(CCc1ccccc1)Cc1ccccc1O. The zero-order chi connectivity index (χ0) is 14.2. The Morgan fingerprint density at radius 1 is 0.850 bits per heavy atom. The third-order valence-electron chi connectivity index (χ3n) is 3.36. The number of hydrogen-bond donors (Lipinski definition) is 2. The number of hydrogen-bond acceptors (Lipinski definition) is 3. The van der Waals surface area contributed by atoms with E-state index in [1.165, 1.54) is 5.56 Å². The molecule has 0 spiro atoms. The highest BCUT2D eigenvalue weighted by atomic mass is 16.3. The van der Waals surface area contributed by atoms with Gasteiger partial charge in [-0.2, -0.15) is 0 Å². The molecule has 0 aliphatic carbocycles. The van der Waals surface area contributed by atoms with Crippen molar-refractivity contribution in [2.45, 2.75) is 13.0 Å². The average molecular weight is 271 g/mol. The summed E-state index contributed by atoms with van der Waals surface area (Å²) in [4.78, 5) is 2.15. The van der Waals surface area contributed by atoms with Crippen molar-refractivity contribution < 1.29 is 10.2 Å². The predicted octanol–water partition coefficient (Wildman–Crippen LogP) is 2.43. The summed E-state index contributed by atoms with van der Waals surface area (Å²) in [5.41, 5.74) is 2.18. The van der Waals surface area contributed by atoms with Gasteiger partial charge in [0.1, 0.15) is 5.75 Å². The van der Waals surface area contributed by atoms with Gasteiger partial charge in [-0.1, -0.05) is 48.5 Å². The second kappa shape index (κ2) is 7.68. The fourth-order valence-corrected chi connectivity index (χ4v) is 2.23. The Kier molecular flexibility index (Phi) is 5.59. The number of phenols is 1. The first kappa shape index (κ1) is 14.6. The molecule has 0 amide bonds. The monoisotopic (exact) mass is 271 g/mol. The smallest absolute Gasteiger partial charge is 0.120 e. The van der Waals surface area contributed by atoms with E-state index in [1.54, 1.807) is 6.07 Å². The molecule has 0 heterocycles. The van der Waals surface area contributed by atoms with Crippen molar-refractivity contribution in [3.8, 4) is 5.75 Å². The molecule has 3 heteroatoms. The van der Waals surface area contributed by atoms with E-state index in [0.29, 0.717) is 18.8 Å². The first-order valence-electron chi connectivity index (χ1n) is 6.93. The van der Waals surface area contributed by atoms with E-state index in [2.05, 4.69) is 17.0 Å². The molecule has 0 radical (unpaired) electrons. The van der Waals surface area contributed by atoms with E-state index in [4.69, 9.17) is 0 Å². The van der Waals surface area contributed by atoms with E-state index in [9.17, 15) is 10.2 Å². The Balaban J connectivity index is 1.95. The molecular formula is C17H21NO2. The molecule has 2 N–H and O–H groups in total. The summed E-state index contributed by atoms with van der Waals surface area (Å²) < 4.78 is 0. The molecule has 0 unspecified atom stereocenters. The van der Waals surface area contributed by atoms with Gasteiger partial charge in [0.05, 0.1) is 6.61 Å². The fourth-order valence-electron chi connectivity index (χ4n) is 2.23. The van der Waals surface area contributed by atoms with E-state index in [-0.39, 0.29) is 6.61 Å². The van der Waals surface area contributed by atoms with Crippen LogP contribution in [0.4, 0.5) is 0 Å². The number of phenolic OH excluding ortho intramolecular Hbond substituents is 1. The van der Waals surface area contributed by atoms with E-state index in [0.717, 1.165) is 18.5 Å². The minimum atomic E-state index is 0.127. The Morgan fingerprint density at radius 3 is 2.25 bits per heavy atom. The summed E-state index contributed by atoms with van der Waals surface area (Å²) in [6.45, 7) is 2.25. The Hall–Kier alpha value is -1.84. The summed E-state index contributed by atoms with van der Waals surface area (Å²) >= 11 is 0. The third-order valence-corrected chi connectivity index (χ3v) is 3.36. The Bertz CT molecular complexity index is 513. The van der Waals surface area contributed by atoms with E-state index >= 15 is 0 Å². The second-order valence-corrected chi connectivity index (χ2v) is 4.86. The lowest BCUT2D eigenvalue weighted by Crippen LogP contribution is -2.28. The molecule has 20 heavy (non-hydrogen) atoms. The third kappa shape index (κ3) is 4.37. The maximum Gasteiger partial charge on any atom is 0.120 e. The first-order chi connectivity index (χ1) is 9.79. The summed E-state index contributed by atoms with van der Waals surface area (Å²) in [6.07, 6.45) is 0.939. The van der Waals surface area contributed by atoms with Crippen LogP contribution in [0.25, 0.3) is 0 Å². The topological polar surface area (TPSA) is 43.7 Å². The standard InChI is InChI=1S/C17H21NO2/c19-13-12-18(11-10-15-6-2-1-3-7-15)14-16-8-4-5-9-17(16)20/h1-9,19-20H,10-14H2. The predicted molar refractivity (Wildman–Crippen MR) is 80.6 cm³/mol. The number of rotatable bonds is 7. The maximum absolute atomic E-state index is 9.82. The lowest BCUT2D eigenvalue weighted by molar-refractivity contribution is 0.190. The molecule has 0 fully saturated rings. The minimum Gasteiger partial charge on any atom is -0.508 e. The van der Waals surface area contributed by atoms with Crippen molar-refractivity contribution in [3.63, 3.8) is 0 Å². The number of nitrogens with zero attached hydrogens (tertiary/aromatic N) is 1. The van der Waals surface area contributed by atoms with Crippen molar-refractivity contribution in [1.82, 2.24) is 4.90 Å². The van der Waals surface area contributed by atoms with Crippen LogP contribution in [0.3, 0.4) is 0 Å². The molecular weight excluding hydrogens is 250 g/mol. The number of benzene rings is 2. The molecule has 0 aliphatic heterocycles. The summed E-state index contributed by atoms with van der Waals surface area (Å²) in [7, 11) is 0. The Morgan fingerprint density at radius 2 is 1.55 bits per heavy atom. The van der Waals surface area contributed by atoms with Gasteiger partial charge in [-0.25, -0.2) is 0 Å². The van der Waals surface area contributed by atoms with E-state index in [1.807, 2.05) is 36.4 Å². The summed E-state index contributed by atoms with van der Waals surface area (Å²) in [5, 5.41) is 19.0. The van der Waals surface area contributed by atoms with Crippen LogP contribution in [0.5, 0.6) is 5.75 Å². The molecule has 0 saturated heterocycles. The van der Waals surface area contributed by atoms with Gasteiger partial charge in [0, 0.05) is 25.2 Å². The number of aromatic hydroxyl groups is 1. The highest BCUT2D eigenvalue weighted by molar-refractivity contribution is 5.31. The quantitative estimate of drug-likeness (QED) is 0.813. The van der Waals surface area contributed by atoms with Crippen molar-refractivity contribution in [3.05, 3.63) is 65.7 Å².